The molecule has 0 bridgehead atoms. The van der Waals surface area contributed by atoms with Crippen molar-refractivity contribution < 1.29 is 0 Å². The van der Waals surface area contributed by atoms with Gasteiger partial charge in [0.05, 0.1) is 9.83 Å². The monoisotopic (exact) mass is 303 g/mol. The maximum absolute atomic E-state index is 3.57. The Kier molecular flexibility index (Phi) is 4.38. The van der Waals surface area contributed by atoms with Gasteiger partial charge in [-0.1, -0.05) is 0 Å². The number of likely N-dealkylation sites (N-methyl/N-ethyl adjacent to an activating group) is 1. The minimum Gasteiger partial charge on any atom is -0.304 e. The maximum Gasteiger partial charge on any atom is 0.0701 e. The van der Waals surface area contributed by atoms with Crippen LogP contribution in [0.4, 0.5) is 0 Å². The number of nitrogens with one attached hydrogen (secondary N) is 1. The highest BCUT2D eigenvalue weighted by molar-refractivity contribution is 9.11. The number of hydrazine groups is 1. The van der Waals surface area contributed by atoms with Gasteiger partial charge in [0.25, 0.3) is 0 Å². The summed E-state index contributed by atoms with van der Waals surface area (Å²) >= 11 is 5.31. The third kappa shape index (κ3) is 3.28. The molecule has 2 rings (SSSR count). The first-order valence-electron chi connectivity index (χ1n) is 5.60. The molecule has 5 heteroatoms. The molecule has 2 heterocycles. The highest BCUT2D eigenvalue weighted by atomic mass is 79.9. The van der Waals surface area contributed by atoms with Crippen molar-refractivity contribution in [3.05, 3.63) is 20.8 Å². The number of nitrogens with zero attached hydrogens (tertiary/aromatic N) is 2. The van der Waals surface area contributed by atoms with Crippen molar-refractivity contribution in [3.63, 3.8) is 0 Å². The van der Waals surface area contributed by atoms with Crippen molar-refractivity contribution in [2.75, 3.05) is 33.2 Å². The van der Waals surface area contributed by atoms with Crippen LogP contribution in [0.15, 0.2) is 15.9 Å². The van der Waals surface area contributed by atoms with E-state index in [9.17, 15) is 0 Å². The third-order valence-electron chi connectivity index (χ3n) is 2.90. The molecular weight excluding hydrogens is 286 g/mol. The molecule has 1 fully saturated rings. The summed E-state index contributed by atoms with van der Waals surface area (Å²) < 4.78 is 1.20. The molecule has 1 aliphatic rings. The first kappa shape index (κ1) is 12.5. The summed E-state index contributed by atoms with van der Waals surface area (Å²) in [6, 6.07) is 4.70. The van der Waals surface area contributed by atoms with Crippen molar-refractivity contribution >= 4 is 27.3 Å². The van der Waals surface area contributed by atoms with Gasteiger partial charge < -0.3 is 4.90 Å². The van der Waals surface area contributed by atoms with Crippen LogP contribution in [0.1, 0.15) is 17.8 Å². The number of thiophene rings is 1. The van der Waals surface area contributed by atoms with Crippen LogP contribution < -0.4 is 5.43 Å². The zero-order valence-corrected chi connectivity index (χ0v) is 12.1. The summed E-state index contributed by atoms with van der Waals surface area (Å²) in [6.07, 6.45) is 0. The minimum absolute atomic E-state index is 0.403. The molecule has 1 atom stereocenters. The normalized spacial score (nSPS) is 21.2. The van der Waals surface area contributed by atoms with Crippen molar-refractivity contribution in [1.82, 2.24) is 15.3 Å². The van der Waals surface area contributed by atoms with E-state index in [4.69, 9.17) is 0 Å². The Bertz CT molecular complexity index is 334. The minimum atomic E-state index is 0.403. The van der Waals surface area contributed by atoms with E-state index in [0.717, 1.165) is 26.2 Å². The first-order valence-corrected chi connectivity index (χ1v) is 7.21. The summed E-state index contributed by atoms with van der Waals surface area (Å²) in [5.41, 5.74) is 3.57. The van der Waals surface area contributed by atoms with Crippen LogP contribution >= 0.6 is 27.3 Å². The van der Waals surface area contributed by atoms with Gasteiger partial charge in [0.2, 0.25) is 0 Å². The Morgan fingerprint density at radius 1 is 1.31 bits per heavy atom. The molecule has 0 aliphatic carbocycles. The lowest BCUT2D eigenvalue weighted by Gasteiger charge is -2.34. The predicted octanol–water partition coefficient (Wildman–Crippen LogP) is 2.32. The van der Waals surface area contributed by atoms with Gasteiger partial charge in [-0.15, -0.1) is 11.3 Å². The molecule has 1 aromatic rings. The fourth-order valence-electron chi connectivity index (χ4n) is 1.83. The molecule has 3 nitrogen and oxygen atoms in total. The number of halogens is 1. The number of hydrogen-bond acceptors (Lipinski definition) is 4. The smallest absolute Gasteiger partial charge is 0.0701 e. The van der Waals surface area contributed by atoms with Crippen LogP contribution in [0.5, 0.6) is 0 Å². The van der Waals surface area contributed by atoms with Gasteiger partial charge in [0, 0.05) is 31.1 Å². The lowest BCUT2D eigenvalue weighted by atomic mass is 10.3. The number of rotatable bonds is 3. The maximum atomic E-state index is 3.57. The fraction of sp³-hybridized carbons (Fsp3) is 0.636. The van der Waals surface area contributed by atoms with Gasteiger partial charge in [-0.25, -0.2) is 10.4 Å². The van der Waals surface area contributed by atoms with Crippen molar-refractivity contribution in [2.24, 2.45) is 0 Å². The first-order chi connectivity index (χ1) is 7.65. The van der Waals surface area contributed by atoms with Crippen molar-refractivity contribution in [2.45, 2.75) is 13.0 Å². The van der Waals surface area contributed by atoms with Crippen LogP contribution in [-0.4, -0.2) is 43.1 Å². The molecule has 0 spiro atoms. The van der Waals surface area contributed by atoms with Crippen molar-refractivity contribution in [1.29, 1.82) is 0 Å². The fourth-order valence-corrected chi connectivity index (χ4v) is 3.25. The molecule has 0 amide bonds. The summed E-state index contributed by atoms with van der Waals surface area (Å²) in [4.78, 5) is 3.75. The van der Waals surface area contributed by atoms with Crippen LogP contribution in [0.25, 0.3) is 0 Å². The molecule has 0 saturated carbocycles. The van der Waals surface area contributed by atoms with E-state index >= 15 is 0 Å². The largest absolute Gasteiger partial charge is 0.304 e. The standard InChI is InChI=1S/C11H18BrN3S/c1-9(10-3-4-11(12)16-10)13-15-7-5-14(2)6-8-15/h3-4,9,13H,5-8H2,1-2H3. The van der Waals surface area contributed by atoms with Gasteiger partial charge in [0.1, 0.15) is 0 Å². The summed E-state index contributed by atoms with van der Waals surface area (Å²) in [7, 11) is 2.18. The van der Waals surface area contributed by atoms with Crippen molar-refractivity contribution in [3.8, 4) is 0 Å². The molecule has 90 valence electrons. The van der Waals surface area contributed by atoms with E-state index in [2.05, 4.69) is 57.4 Å². The molecule has 1 saturated heterocycles. The molecule has 0 radical (unpaired) electrons. The van der Waals surface area contributed by atoms with Gasteiger partial charge in [0.15, 0.2) is 0 Å². The Hall–Kier alpha value is 0.0600. The summed E-state index contributed by atoms with van der Waals surface area (Å²) in [6.45, 7) is 6.72. The van der Waals surface area contributed by atoms with Crippen LogP contribution in [0.3, 0.4) is 0 Å². The molecule has 1 unspecified atom stereocenters. The van der Waals surface area contributed by atoms with E-state index in [-0.39, 0.29) is 0 Å². The average molecular weight is 304 g/mol. The molecule has 1 aliphatic heterocycles. The molecule has 1 N–H and O–H groups in total. The second-order valence-corrected chi connectivity index (χ2v) is 6.78. The molecular formula is C11H18BrN3S. The lowest BCUT2D eigenvalue weighted by molar-refractivity contribution is 0.0905. The quantitative estimate of drug-likeness (QED) is 0.924. The molecule has 1 aromatic heterocycles. The van der Waals surface area contributed by atoms with E-state index < -0.39 is 0 Å². The highest BCUT2D eigenvalue weighted by Crippen LogP contribution is 2.27. The van der Waals surface area contributed by atoms with E-state index in [1.807, 2.05) is 0 Å². The summed E-state index contributed by atoms with van der Waals surface area (Å²) in [5, 5.41) is 2.33. The van der Waals surface area contributed by atoms with Crippen LogP contribution in [0.2, 0.25) is 0 Å². The zero-order valence-electron chi connectivity index (χ0n) is 9.74. The second kappa shape index (κ2) is 5.60. The zero-order chi connectivity index (χ0) is 11.5. The Morgan fingerprint density at radius 2 is 2.00 bits per heavy atom. The Labute approximate surface area is 110 Å². The second-order valence-electron chi connectivity index (χ2n) is 4.28. The highest BCUT2D eigenvalue weighted by Gasteiger charge is 2.16. The van der Waals surface area contributed by atoms with Crippen LogP contribution in [0, 0.1) is 0 Å². The topological polar surface area (TPSA) is 18.5 Å². The molecule has 16 heavy (non-hydrogen) atoms. The Morgan fingerprint density at radius 3 is 2.56 bits per heavy atom. The van der Waals surface area contributed by atoms with E-state index in [1.165, 1.54) is 8.66 Å². The van der Waals surface area contributed by atoms with E-state index in [1.54, 1.807) is 11.3 Å². The third-order valence-corrected chi connectivity index (χ3v) is 4.71. The number of piperazine rings is 1. The van der Waals surface area contributed by atoms with E-state index in [0.29, 0.717) is 6.04 Å². The van der Waals surface area contributed by atoms with Gasteiger partial charge >= 0.3 is 0 Å². The van der Waals surface area contributed by atoms with Gasteiger partial charge in [-0.3, -0.25) is 0 Å². The SMILES string of the molecule is CC(NN1CCN(C)CC1)c1ccc(Br)s1. The lowest BCUT2D eigenvalue weighted by Crippen LogP contribution is -2.51. The molecule has 0 aromatic carbocycles. The predicted molar refractivity (Wildman–Crippen MR) is 72.6 cm³/mol. The van der Waals surface area contributed by atoms with Gasteiger partial charge in [-0.2, -0.15) is 0 Å². The Balaban J connectivity index is 1.85. The average Bonchev–Trinajstić information content (AvgIpc) is 2.68. The summed E-state index contributed by atoms with van der Waals surface area (Å²) in [5.74, 6) is 0. The van der Waals surface area contributed by atoms with Gasteiger partial charge in [-0.05, 0) is 42.0 Å². The van der Waals surface area contributed by atoms with Crippen LogP contribution in [-0.2, 0) is 0 Å². The number of hydrogen-bond donors (Lipinski definition) is 1.